The third kappa shape index (κ3) is 5.43. The van der Waals surface area contributed by atoms with Crippen molar-refractivity contribution in [1.29, 1.82) is 0 Å². The first kappa shape index (κ1) is 21.9. The summed E-state index contributed by atoms with van der Waals surface area (Å²) in [5, 5.41) is 2.51. The molecule has 2 aromatic carbocycles. The Kier molecular flexibility index (Phi) is 6.61. The van der Waals surface area contributed by atoms with Gasteiger partial charge >= 0.3 is 5.97 Å². The molecule has 1 N–H and O–H groups in total. The second-order valence-corrected chi connectivity index (χ2v) is 8.47. The van der Waals surface area contributed by atoms with Crippen LogP contribution in [0.4, 0.5) is 11.4 Å². The second-order valence-electron chi connectivity index (χ2n) is 6.50. The maximum absolute atomic E-state index is 12.9. The zero-order valence-electron chi connectivity index (χ0n) is 16.8. The number of esters is 1. The second kappa shape index (κ2) is 9.35. The van der Waals surface area contributed by atoms with Gasteiger partial charge in [-0.2, -0.15) is 0 Å². The number of hydrogen-bond acceptors (Lipinski definition) is 7. The number of carbonyl (C=O) groups excluding carboxylic acids is 2. The van der Waals surface area contributed by atoms with Gasteiger partial charge in [-0.15, -0.1) is 0 Å². The Hall–Kier alpha value is -3.79. The van der Waals surface area contributed by atoms with Gasteiger partial charge in [0.2, 0.25) is 0 Å². The molecule has 3 aromatic rings. The van der Waals surface area contributed by atoms with Crippen molar-refractivity contribution in [3.63, 3.8) is 0 Å². The number of hydrogen-bond donors (Lipinski definition) is 1. The molecule has 0 aliphatic rings. The lowest BCUT2D eigenvalue weighted by Crippen LogP contribution is -2.26. The summed E-state index contributed by atoms with van der Waals surface area (Å²) >= 11 is 0. The number of ether oxygens (including phenoxy) is 1. The first-order chi connectivity index (χ1) is 14.8. The van der Waals surface area contributed by atoms with Crippen molar-refractivity contribution in [3.05, 3.63) is 78.4 Å². The van der Waals surface area contributed by atoms with Gasteiger partial charge in [-0.3, -0.25) is 14.1 Å². The highest BCUT2D eigenvalue weighted by molar-refractivity contribution is 7.92. The fraction of sp³-hybridized carbons (Fsp3) is 0.143. The highest BCUT2D eigenvalue weighted by atomic mass is 32.2. The number of anilines is 2. The van der Waals surface area contributed by atoms with Gasteiger partial charge in [0.15, 0.2) is 12.3 Å². The lowest BCUT2D eigenvalue weighted by Gasteiger charge is -2.19. The van der Waals surface area contributed by atoms with Crippen molar-refractivity contribution in [2.24, 2.45) is 0 Å². The average Bonchev–Trinajstić information content (AvgIpc) is 2.78. The Morgan fingerprint density at radius 1 is 1.03 bits per heavy atom. The van der Waals surface area contributed by atoms with Crippen LogP contribution in [0.2, 0.25) is 0 Å². The van der Waals surface area contributed by atoms with E-state index < -0.39 is 28.5 Å². The van der Waals surface area contributed by atoms with Gasteiger partial charge in [-0.05, 0) is 37.3 Å². The Morgan fingerprint density at radius 2 is 1.77 bits per heavy atom. The van der Waals surface area contributed by atoms with Gasteiger partial charge in [0.1, 0.15) is 0 Å². The van der Waals surface area contributed by atoms with Gasteiger partial charge in [-0.25, -0.2) is 18.2 Å². The molecule has 1 amide bonds. The highest BCUT2D eigenvalue weighted by Crippen LogP contribution is 2.23. The third-order valence-electron chi connectivity index (χ3n) is 4.22. The molecule has 0 saturated carbocycles. The molecule has 0 aliphatic carbocycles. The van der Waals surface area contributed by atoms with Crippen LogP contribution in [-0.4, -0.2) is 43.9 Å². The maximum Gasteiger partial charge on any atom is 0.359 e. The van der Waals surface area contributed by atoms with E-state index in [1.54, 1.807) is 37.3 Å². The molecule has 1 heterocycles. The number of amides is 1. The predicted octanol–water partition coefficient (Wildman–Crippen LogP) is 2.41. The predicted molar refractivity (Wildman–Crippen MR) is 114 cm³/mol. The van der Waals surface area contributed by atoms with Crippen molar-refractivity contribution < 1.29 is 22.7 Å². The van der Waals surface area contributed by atoms with E-state index in [2.05, 4.69) is 15.3 Å². The minimum Gasteiger partial charge on any atom is -0.451 e. The molecule has 9 nitrogen and oxygen atoms in total. The fourth-order valence-electron chi connectivity index (χ4n) is 2.57. The molecule has 160 valence electrons. The van der Waals surface area contributed by atoms with Crippen LogP contribution in [0.1, 0.15) is 16.2 Å². The molecule has 3 rings (SSSR count). The first-order valence-electron chi connectivity index (χ1n) is 9.17. The molecule has 0 fully saturated rings. The maximum atomic E-state index is 12.9. The summed E-state index contributed by atoms with van der Waals surface area (Å²) in [7, 11) is -2.39. The third-order valence-corrected chi connectivity index (χ3v) is 6.00. The molecule has 0 bridgehead atoms. The van der Waals surface area contributed by atoms with Crippen LogP contribution in [0.5, 0.6) is 0 Å². The number of aromatic nitrogens is 2. The summed E-state index contributed by atoms with van der Waals surface area (Å²) < 4.78 is 31.9. The zero-order chi connectivity index (χ0) is 22.4. The van der Waals surface area contributed by atoms with Crippen LogP contribution in [0.25, 0.3) is 0 Å². The highest BCUT2D eigenvalue weighted by Gasteiger charge is 2.22. The SMILES string of the molecule is Cc1cnc(C(=O)OCC(=O)Nc2cccc(S(=O)(=O)N(C)c3ccccc3)c2)cn1. The molecule has 0 unspecified atom stereocenters. The standard InChI is InChI=1S/C21H20N4O5S/c1-15-12-23-19(13-22-15)21(27)30-14-20(26)24-16-7-6-10-18(11-16)31(28,29)25(2)17-8-4-3-5-9-17/h3-13H,14H2,1-2H3,(H,24,26). The van der Waals surface area contributed by atoms with Crippen LogP contribution in [-0.2, 0) is 19.6 Å². The normalized spacial score (nSPS) is 10.9. The van der Waals surface area contributed by atoms with Crippen molar-refractivity contribution in [2.75, 3.05) is 23.3 Å². The quantitative estimate of drug-likeness (QED) is 0.560. The number of carbonyl (C=O) groups is 2. The van der Waals surface area contributed by atoms with Crippen LogP contribution in [0, 0.1) is 6.92 Å². The number of aryl methyl sites for hydroxylation is 1. The van der Waals surface area contributed by atoms with Crippen molar-refractivity contribution >= 4 is 33.3 Å². The molecule has 0 radical (unpaired) electrons. The minimum absolute atomic E-state index is 0.00331. The van der Waals surface area contributed by atoms with E-state index in [4.69, 9.17) is 4.74 Å². The van der Waals surface area contributed by atoms with Gasteiger partial charge in [0, 0.05) is 18.9 Å². The zero-order valence-corrected chi connectivity index (χ0v) is 17.7. The minimum atomic E-state index is -3.83. The number of nitrogens with zero attached hydrogens (tertiary/aromatic N) is 3. The molecule has 0 saturated heterocycles. The Labute approximate surface area is 179 Å². The van der Waals surface area contributed by atoms with Crippen molar-refractivity contribution in [1.82, 2.24) is 9.97 Å². The monoisotopic (exact) mass is 440 g/mol. The van der Waals surface area contributed by atoms with E-state index in [-0.39, 0.29) is 16.3 Å². The summed E-state index contributed by atoms with van der Waals surface area (Å²) in [6.07, 6.45) is 2.67. The van der Waals surface area contributed by atoms with Crippen molar-refractivity contribution in [3.8, 4) is 0 Å². The van der Waals surface area contributed by atoms with Gasteiger partial charge in [0.05, 0.1) is 22.5 Å². The summed E-state index contributed by atoms with van der Waals surface area (Å²) in [5.74, 6) is -1.41. The Bertz CT molecular complexity index is 1180. The lowest BCUT2D eigenvalue weighted by atomic mass is 10.3. The molecular formula is C21H20N4O5S. The molecule has 1 aromatic heterocycles. The van der Waals surface area contributed by atoms with Crippen LogP contribution in [0.3, 0.4) is 0 Å². The van der Waals surface area contributed by atoms with E-state index >= 15 is 0 Å². The molecular weight excluding hydrogens is 420 g/mol. The molecule has 0 spiro atoms. The van der Waals surface area contributed by atoms with E-state index in [1.807, 2.05) is 0 Å². The fourth-order valence-corrected chi connectivity index (χ4v) is 3.81. The van der Waals surface area contributed by atoms with Crippen LogP contribution >= 0.6 is 0 Å². The molecule has 31 heavy (non-hydrogen) atoms. The van der Waals surface area contributed by atoms with Gasteiger partial charge in [0.25, 0.3) is 15.9 Å². The van der Waals surface area contributed by atoms with Gasteiger partial charge in [-0.1, -0.05) is 24.3 Å². The number of nitrogens with one attached hydrogen (secondary N) is 1. The number of benzene rings is 2. The summed E-state index contributed by atoms with van der Waals surface area (Å²) in [6, 6.07) is 14.4. The smallest absolute Gasteiger partial charge is 0.359 e. The average molecular weight is 440 g/mol. The van der Waals surface area contributed by atoms with Crippen molar-refractivity contribution in [2.45, 2.75) is 11.8 Å². The Morgan fingerprint density at radius 3 is 2.45 bits per heavy atom. The first-order valence-corrected chi connectivity index (χ1v) is 10.6. The summed E-state index contributed by atoms with van der Waals surface area (Å²) in [6.45, 7) is 1.16. The van der Waals surface area contributed by atoms with E-state index in [9.17, 15) is 18.0 Å². The van der Waals surface area contributed by atoms with Gasteiger partial charge < -0.3 is 10.1 Å². The van der Waals surface area contributed by atoms with Crippen LogP contribution in [0.15, 0.2) is 71.9 Å². The molecule has 0 atom stereocenters. The van der Waals surface area contributed by atoms with Crippen LogP contribution < -0.4 is 9.62 Å². The lowest BCUT2D eigenvalue weighted by molar-refractivity contribution is -0.119. The number of sulfonamides is 1. The van der Waals surface area contributed by atoms with E-state index in [1.165, 1.54) is 43.7 Å². The number of para-hydroxylation sites is 1. The topological polar surface area (TPSA) is 119 Å². The number of rotatable bonds is 7. The summed E-state index contributed by atoms with van der Waals surface area (Å²) in [4.78, 5) is 31.9. The Balaban J connectivity index is 1.65. The summed E-state index contributed by atoms with van der Waals surface area (Å²) in [5.41, 5.74) is 1.37. The molecule has 0 aliphatic heterocycles. The molecule has 10 heteroatoms. The van der Waals surface area contributed by atoms with E-state index in [0.717, 1.165) is 4.31 Å². The largest absolute Gasteiger partial charge is 0.451 e. The van der Waals surface area contributed by atoms with E-state index in [0.29, 0.717) is 11.4 Å².